The second kappa shape index (κ2) is 6.40. The summed E-state index contributed by atoms with van der Waals surface area (Å²) in [7, 11) is -2.27. The minimum absolute atomic E-state index is 0.0207. The first-order valence-corrected chi connectivity index (χ1v) is 8.29. The molecule has 0 atom stereocenters. The van der Waals surface area contributed by atoms with Crippen LogP contribution in [0.1, 0.15) is 42.5 Å². The van der Waals surface area contributed by atoms with Crippen molar-refractivity contribution in [3.63, 3.8) is 0 Å². The topological polar surface area (TPSA) is 99.6 Å². The average Bonchev–Trinajstić information content (AvgIpc) is 2.47. The first kappa shape index (κ1) is 15.7. The van der Waals surface area contributed by atoms with E-state index in [1.165, 1.54) is 29.8 Å². The van der Waals surface area contributed by atoms with Gasteiger partial charge in [0.15, 0.2) is 0 Å². The molecule has 7 nitrogen and oxygen atoms in total. The van der Waals surface area contributed by atoms with Crippen molar-refractivity contribution in [1.82, 2.24) is 9.29 Å². The Balaban J connectivity index is 2.19. The van der Waals surface area contributed by atoms with Crippen LogP contribution >= 0.6 is 0 Å². The Morgan fingerprint density at radius 3 is 2.67 bits per heavy atom. The molecule has 2 rings (SSSR count). The molecule has 2 N–H and O–H groups in total. The maximum Gasteiger partial charge on any atom is 0.337 e. The number of hydrogen-bond acceptors (Lipinski definition) is 4. The third-order valence-electron chi connectivity index (χ3n) is 3.76. The van der Waals surface area contributed by atoms with Gasteiger partial charge in [0.1, 0.15) is 0 Å². The highest BCUT2D eigenvalue weighted by atomic mass is 32.2. The first-order valence-electron chi connectivity index (χ1n) is 6.85. The van der Waals surface area contributed by atoms with Gasteiger partial charge in [-0.3, -0.25) is 9.71 Å². The zero-order valence-corrected chi connectivity index (χ0v) is 12.6. The molecule has 0 aromatic carbocycles. The number of pyridine rings is 1. The lowest BCUT2D eigenvalue weighted by Gasteiger charge is -2.30. The summed E-state index contributed by atoms with van der Waals surface area (Å²) >= 11 is 0. The highest BCUT2D eigenvalue weighted by molar-refractivity contribution is 7.90. The third kappa shape index (κ3) is 3.70. The Hall–Kier alpha value is -1.67. The maximum atomic E-state index is 12.4. The number of aromatic carboxylic acids is 1. The molecule has 1 fully saturated rings. The van der Waals surface area contributed by atoms with E-state index in [1.807, 2.05) is 0 Å². The van der Waals surface area contributed by atoms with E-state index in [0.717, 1.165) is 32.1 Å². The van der Waals surface area contributed by atoms with Crippen molar-refractivity contribution >= 4 is 21.9 Å². The molecular weight excluding hydrogens is 294 g/mol. The number of carbonyl (C=O) groups is 1. The van der Waals surface area contributed by atoms with Gasteiger partial charge in [0.05, 0.1) is 17.4 Å². The molecule has 116 valence electrons. The van der Waals surface area contributed by atoms with Crippen molar-refractivity contribution in [2.45, 2.75) is 38.1 Å². The minimum Gasteiger partial charge on any atom is -0.478 e. The third-order valence-corrected chi connectivity index (χ3v) is 5.29. The molecule has 1 aliphatic rings. The Labute approximate surface area is 124 Å². The molecule has 0 bridgehead atoms. The van der Waals surface area contributed by atoms with Gasteiger partial charge in [-0.25, -0.2) is 4.79 Å². The molecule has 0 unspecified atom stereocenters. The lowest BCUT2D eigenvalue weighted by molar-refractivity contribution is 0.0698. The Kier molecular flexibility index (Phi) is 4.79. The smallest absolute Gasteiger partial charge is 0.337 e. The molecule has 21 heavy (non-hydrogen) atoms. The van der Waals surface area contributed by atoms with Crippen LogP contribution in [0.25, 0.3) is 0 Å². The van der Waals surface area contributed by atoms with E-state index in [9.17, 15) is 13.2 Å². The van der Waals surface area contributed by atoms with Gasteiger partial charge in [0.2, 0.25) is 0 Å². The summed E-state index contributed by atoms with van der Waals surface area (Å²) in [5.74, 6) is -1.20. The molecule has 1 saturated carbocycles. The number of nitrogens with one attached hydrogen (secondary N) is 1. The van der Waals surface area contributed by atoms with Gasteiger partial charge in [-0.1, -0.05) is 19.3 Å². The lowest BCUT2D eigenvalue weighted by atomic mass is 9.96. The molecular formula is C13H19N3O4S. The first-order chi connectivity index (χ1) is 9.92. The van der Waals surface area contributed by atoms with Gasteiger partial charge in [-0.15, -0.1) is 0 Å². The van der Waals surface area contributed by atoms with Crippen LogP contribution in [-0.2, 0) is 10.2 Å². The monoisotopic (exact) mass is 313 g/mol. The van der Waals surface area contributed by atoms with E-state index in [-0.39, 0.29) is 17.3 Å². The van der Waals surface area contributed by atoms with E-state index in [4.69, 9.17) is 5.11 Å². The molecule has 1 heterocycles. The zero-order valence-electron chi connectivity index (χ0n) is 11.8. The summed E-state index contributed by atoms with van der Waals surface area (Å²) in [5, 5.41) is 9.07. The van der Waals surface area contributed by atoms with Crippen molar-refractivity contribution in [3.05, 3.63) is 24.0 Å². The van der Waals surface area contributed by atoms with E-state index >= 15 is 0 Å². The molecule has 0 amide bonds. The van der Waals surface area contributed by atoms with Gasteiger partial charge in [0.25, 0.3) is 0 Å². The molecule has 0 saturated heterocycles. The van der Waals surface area contributed by atoms with Crippen molar-refractivity contribution in [1.29, 1.82) is 0 Å². The summed E-state index contributed by atoms with van der Waals surface area (Å²) in [6.07, 6.45) is 7.33. The van der Waals surface area contributed by atoms with Crippen LogP contribution in [0.15, 0.2) is 18.5 Å². The average molecular weight is 313 g/mol. The van der Waals surface area contributed by atoms with E-state index in [2.05, 4.69) is 9.71 Å². The number of nitrogens with zero attached hydrogens (tertiary/aromatic N) is 2. The molecule has 0 spiro atoms. The van der Waals surface area contributed by atoms with Gasteiger partial charge in [0, 0.05) is 19.3 Å². The van der Waals surface area contributed by atoms with Gasteiger partial charge in [-0.2, -0.15) is 12.7 Å². The molecule has 0 aliphatic heterocycles. The van der Waals surface area contributed by atoms with Crippen molar-refractivity contribution < 1.29 is 18.3 Å². The second-order valence-electron chi connectivity index (χ2n) is 5.14. The fourth-order valence-electron chi connectivity index (χ4n) is 2.51. The van der Waals surface area contributed by atoms with Gasteiger partial charge < -0.3 is 5.11 Å². The largest absolute Gasteiger partial charge is 0.478 e. The standard InChI is InChI=1S/C13H19N3O4S/c1-16(10-5-3-2-4-6-10)21(19,20)15-12-9-14-8-7-11(12)13(17)18/h7-10,15H,2-6H2,1H3,(H,17,18). The van der Waals surface area contributed by atoms with Crippen LogP contribution in [0.5, 0.6) is 0 Å². The Bertz CT molecular complexity index is 612. The lowest BCUT2D eigenvalue weighted by Crippen LogP contribution is -2.41. The SMILES string of the molecule is CN(C1CCCCC1)S(=O)(=O)Nc1cnccc1C(=O)O. The van der Waals surface area contributed by atoms with Crippen LogP contribution in [0, 0.1) is 0 Å². The number of anilines is 1. The predicted molar refractivity (Wildman–Crippen MR) is 78.4 cm³/mol. The van der Waals surface area contributed by atoms with Crippen molar-refractivity contribution in [2.24, 2.45) is 0 Å². The normalized spacial score (nSPS) is 16.9. The van der Waals surface area contributed by atoms with Crippen LogP contribution < -0.4 is 4.72 Å². The molecule has 1 aromatic heterocycles. The van der Waals surface area contributed by atoms with Crippen LogP contribution in [0.4, 0.5) is 5.69 Å². The summed E-state index contributed by atoms with van der Waals surface area (Å²) in [6, 6.07) is 1.22. The minimum atomic E-state index is -3.79. The molecule has 1 aliphatic carbocycles. The second-order valence-corrected chi connectivity index (χ2v) is 6.87. The molecule has 8 heteroatoms. The predicted octanol–water partition coefficient (Wildman–Crippen LogP) is 1.70. The number of carboxylic acid groups (broad SMARTS) is 1. The van der Waals surface area contributed by atoms with Gasteiger partial charge >= 0.3 is 16.2 Å². The summed E-state index contributed by atoms with van der Waals surface area (Å²) in [5.41, 5.74) is -0.140. The zero-order chi connectivity index (χ0) is 15.5. The Morgan fingerprint density at radius 1 is 1.38 bits per heavy atom. The number of rotatable bonds is 5. The number of hydrogen-bond donors (Lipinski definition) is 2. The van der Waals surface area contributed by atoms with Crippen molar-refractivity contribution in [3.8, 4) is 0 Å². The Morgan fingerprint density at radius 2 is 2.05 bits per heavy atom. The number of carboxylic acids is 1. The molecule has 1 aromatic rings. The van der Waals surface area contributed by atoms with Crippen LogP contribution in [-0.4, -0.2) is 41.9 Å². The van der Waals surface area contributed by atoms with Crippen molar-refractivity contribution in [2.75, 3.05) is 11.8 Å². The fourth-order valence-corrected chi connectivity index (χ4v) is 3.70. The highest BCUT2D eigenvalue weighted by Gasteiger charge is 2.28. The van der Waals surface area contributed by atoms with E-state index in [1.54, 1.807) is 0 Å². The summed E-state index contributed by atoms with van der Waals surface area (Å²) < 4.78 is 28.4. The molecule has 0 radical (unpaired) electrons. The quantitative estimate of drug-likeness (QED) is 0.862. The van der Waals surface area contributed by atoms with Crippen LogP contribution in [0.3, 0.4) is 0 Å². The summed E-state index contributed by atoms with van der Waals surface area (Å²) in [4.78, 5) is 14.9. The highest BCUT2D eigenvalue weighted by Crippen LogP contribution is 2.24. The summed E-state index contributed by atoms with van der Waals surface area (Å²) in [6.45, 7) is 0. The van der Waals surface area contributed by atoms with E-state index in [0.29, 0.717) is 0 Å². The van der Waals surface area contributed by atoms with Gasteiger partial charge in [-0.05, 0) is 18.9 Å². The maximum absolute atomic E-state index is 12.4. The fraction of sp³-hybridized carbons (Fsp3) is 0.538. The number of aromatic nitrogens is 1. The van der Waals surface area contributed by atoms with Crippen LogP contribution in [0.2, 0.25) is 0 Å². The van der Waals surface area contributed by atoms with E-state index < -0.39 is 16.2 Å².